The van der Waals surface area contributed by atoms with Crippen molar-refractivity contribution >= 4 is 10.1 Å². The molecule has 0 fully saturated rings. The van der Waals surface area contributed by atoms with Crippen molar-refractivity contribution in [3.05, 3.63) is 0 Å². The van der Waals surface area contributed by atoms with Crippen LogP contribution >= 0.6 is 0 Å². The molecular formula is C21H43NaO4S. The van der Waals surface area contributed by atoms with Gasteiger partial charge in [-0.3, -0.25) is 0 Å². The zero-order valence-corrected chi connectivity index (χ0v) is 21.1. The summed E-state index contributed by atoms with van der Waals surface area (Å²) in [5, 5.41) is 9.28. The Labute approximate surface area is 191 Å². The molecule has 0 heterocycles. The Balaban J connectivity index is 0. The molecule has 1 N–H and O–H groups in total. The second-order valence-corrected chi connectivity index (χ2v) is 9.46. The van der Waals surface area contributed by atoms with Gasteiger partial charge >= 0.3 is 29.6 Å². The van der Waals surface area contributed by atoms with Gasteiger partial charge in [-0.15, -0.1) is 0 Å². The number of aliphatic hydroxyl groups is 1. The molecule has 0 aliphatic carbocycles. The summed E-state index contributed by atoms with van der Waals surface area (Å²) in [7, 11) is -4.17. The third-order valence-electron chi connectivity index (χ3n) is 5.22. The van der Waals surface area contributed by atoms with Gasteiger partial charge in [-0.05, 0) is 25.7 Å². The van der Waals surface area contributed by atoms with Crippen LogP contribution in [0.1, 0.15) is 123 Å². The van der Waals surface area contributed by atoms with Crippen LogP contribution in [0.2, 0.25) is 0 Å². The average molecular weight is 415 g/mol. The normalized spacial score (nSPS) is 13.9. The molecule has 0 aliphatic heterocycles. The molecule has 0 spiro atoms. The van der Waals surface area contributed by atoms with Gasteiger partial charge in [0.25, 0.3) is 0 Å². The van der Waals surface area contributed by atoms with Crippen LogP contribution in [0.15, 0.2) is 0 Å². The average Bonchev–Trinajstić information content (AvgIpc) is 2.58. The van der Waals surface area contributed by atoms with E-state index in [-0.39, 0.29) is 35.7 Å². The Bertz CT molecular complexity index is 401. The zero-order chi connectivity index (χ0) is 19.7. The molecular weight excluding hydrogens is 371 g/mol. The van der Waals surface area contributed by atoms with E-state index in [4.69, 9.17) is 0 Å². The second-order valence-electron chi connectivity index (χ2n) is 7.81. The van der Waals surface area contributed by atoms with Crippen LogP contribution in [0.4, 0.5) is 0 Å². The van der Waals surface area contributed by atoms with E-state index < -0.39 is 15.4 Å². The van der Waals surface area contributed by atoms with Crippen molar-refractivity contribution in [3.8, 4) is 0 Å². The fourth-order valence-corrected chi connectivity index (χ4v) is 4.50. The monoisotopic (exact) mass is 414 g/mol. The summed E-state index contributed by atoms with van der Waals surface area (Å²) >= 11 is 0. The molecule has 0 amide bonds. The molecule has 27 heavy (non-hydrogen) atoms. The third-order valence-corrected chi connectivity index (χ3v) is 6.51. The Morgan fingerprint density at radius 3 is 1.52 bits per heavy atom. The van der Waals surface area contributed by atoms with Crippen molar-refractivity contribution in [1.82, 2.24) is 0 Å². The number of aliphatic hydroxyl groups excluding tert-OH is 1. The van der Waals surface area contributed by atoms with Crippen molar-refractivity contribution in [2.75, 3.05) is 0 Å². The minimum Gasteiger partial charge on any atom is -0.748 e. The van der Waals surface area contributed by atoms with Gasteiger partial charge in [0.05, 0.1) is 16.2 Å². The molecule has 158 valence electrons. The molecule has 4 nitrogen and oxygen atoms in total. The first-order valence-electron chi connectivity index (χ1n) is 11.0. The van der Waals surface area contributed by atoms with E-state index in [9.17, 15) is 18.1 Å². The van der Waals surface area contributed by atoms with Crippen molar-refractivity contribution < 1.29 is 47.6 Å². The SMILES string of the molecule is CCCCCCCCCCCCC(O)CCCCC(CCC)S(=O)(=O)[O-].[Na+]. The molecule has 0 saturated carbocycles. The minimum absolute atomic E-state index is 0. The zero-order valence-electron chi connectivity index (χ0n) is 18.3. The summed E-state index contributed by atoms with van der Waals surface area (Å²) in [6, 6.07) is 0. The van der Waals surface area contributed by atoms with Crippen LogP contribution in [0.3, 0.4) is 0 Å². The second kappa shape index (κ2) is 20.2. The maximum Gasteiger partial charge on any atom is 1.00 e. The smallest absolute Gasteiger partial charge is 0.748 e. The molecule has 0 radical (unpaired) electrons. The Morgan fingerprint density at radius 2 is 1.07 bits per heavy atom. The molecule has 0 aliphatic rings. The minimum atomic E-state index is -4.17. The van der Waals surface area contributed by atoms with Crippen LogP contribution in [0.5, 0.6) is 0 Å². The van der Waals surface area contributed by atoms with E-state index >= 15 is 0 Å². The molecule has 0 aromatic rings. The predicted octanol–water partition coefficient (Wildman–Crippen LogP) is 2.94. The maximum atomic E-state index is 11.2. The van der Waals surface area contributed by atoms with Crippen LogP contribution in [0.25, 0.3) is 0 Å². The van der Waals surface area contributed by atoms with Gasteiger partial charge in [0.1, 0.15) is 0 Å². The fraction of sp³-hybridized carbons (Fsp3) is 1.00. The summed E-state index contributed by atoms with van der Waals surface area (Å²) in [4.78, 5) is 0. The van der Waals surface area contributed by atoms with Gasteiger partial charge in [0, 0.05) is 5.25 Å². The summed E-state index contributed by atoms with van der Waals surface area (Å²) in [6.45, 7) is 4.14. The van der Waals surface area contributed by atoms with Crippen molar-refractivity contribution in [1.29, 1.82) is 0 Å². The Morgan fingerprint density at radius 1 is 0.667 bits per heavy atom. The topological polar surface area (TPSA) is 77.4 Å². The largest absolute Gasteiger partial charge is 1.00 e. The quantitative estimate of drug-likeness (QED) is 0.200. The van der Waals surface area contributed by atoms with Gasteiger partial charge in [-0.25, -0.2) is 8.42 Å². The number of rotatable bonds is 19. The van der Waals surface area contributed by atoms with E-state index in [1.807, 2.05) is 6.92 Å². The van der Waals surface area contributed by atoms with Crippen molar-refractivity contribution in [3.63, 3.8) is 0 Å². The Hall–Kier alpha value is 0.870. The first-order valence-corrected chi connectivity index (χ1v) is 12.5. The number of hydrogen-bond donors (Lipinski definition) is 1. The van der Waals surface area contributed by atoms with Crippen LogP contribution in [0, 0.1) is 0 Å². The molecule has 6 heteroatoms. The summed E-state index contributed by atoms with van der Waals surface area (Å²) in [5.74, 6) is 0. The maximum absolute atomic E-state index is 11.2. The van der Waals surface area contributed by atoms with Gasteiger partial charge in [0.15, 0.2) is 0 Å². The summed E-state index contributed by atoms with van der Waals surface area (Å²) in [5.41, 5.74) is 0. The molecule has 0 rings (SSSR count). The number of hydrogen-bond acceptors (Lipinski definition) is 4. The van der Waals surface area contributed by atoms with Crippen LogP contribution < -0.4 is 29.6 Å². The Kier molecular flexibility index (Phi) is 22.4. The molecule has 2 unspecified atom stereocenters. The van der Waals surface area contributed by atoms with E-state index in [1.54, 1.807) is 0 Å². The van der Waals surface area contributed by atoms with E-state index in [2.05, 4.69) is 6.92 Å². The molecule has 0 aromatic carbocycles. The predicted molar refractivity (Wildman–Crippen MR) is 109 cm³/mol. The van der Waals surface area contributed by atoms with Crippen molar-refractivity contribution in [2.45, 2.75) is 134 Å². The first-order chi connectivity index (χ1) is 12.4. The molecule has 0 bridgehead atoms. The van der Waals surface area contributed by atoms with Gasteiger partial charge in [-0.1, -0.05) is 97.3 Å². The van der Waals surface area contributed by atoms with Crippen molar-refractivity contribution in [2.24, 2.45) is 0 Å². The van der Waals surface area contributed by atoms with Gasteiger partial charge in [-0.2, -0.15) is 0 Å². The van der Waals surface area contributed by atoms with E-state index in [1.165, 1.54) is 57.8 Å². The van der Waals surface area contributed by atoms with Gasteiger partial charge in [0.2, 0.25) is 0 Å². The first kappa shape index (κ1) is 30.1. The fourth-order valence-electron chi connectivity index (χ4n) is 3.52. The molecule has 0 saturated heterocycles. The standard InChI is InChI=1S/C21H44O4S.Na/c1-3-5-6-7-8-9-10-11-12-13-17-20(22)18-14-15-19-21(16-4-2)26(23,24)25;/h20-22H,3-19H2,1-2H3,(H,23,24,25);/q;+1/p-1. The third kappa shape index (κ3) is 19.9. The van der Waals surface area contributed by atoms with E-state index in [0.717, 1.165) is 25.7 Å². The summed E-state index contributed by atoms with van der Waals surface area (Å²) in [6.07, 6.45) is 17.4. The number of unbranched alkanes of at least 4 members (excludes halogenated alkanes) is 10. The molecule has 2 atom stereocenters. The molecule has 0 aromatic heterocycles. The van der Waals surface area contributed by atoms with Crippen LogP contribution in [-0.2, 0) is 10.1 Å². The van der Waals surface area contributed by atoms with Gasteiger partial charge < -0.3 is 9.66 Å². The van der Waals surface area contributed by atoms with E-state index in [0.29, 0.717) is 25.7 Å². The van der Waals surface area contributed by atoms with Crippen LogP contribution in [-0.4, -0.2) is 29.4 Å². The summed E-state index contributed by atoms with van der Waals surface area (Å²) < 4.78 is 33.5.